The number of nitrogens with one attached hydrogen (secondary N) is 1. The van der Waals surface area contributed by atoms with Crippen LogP contribution in [0.3, 0.4) is 0 Å². The molecule has 3 aliphatic heterocycles. The van der Waals surface area contributed by atoms with Crippen molar-refractivity contribution in [1.29, 1.82) is 0 Å². The number of carbonyl (C=O) groups is 1. The number of dihydropyridines is 1. The Balaban J connectivity index is 0.996. The third-order valence-corrected chi connectivity index (χ3v) is 22.5. The van der Waals surface area contributed by atoms with Crippen LogP contribution in [-0.2, 0) is 26.1 Å². The number of allylic oxidation sites excluding steroid dienone is 3. The molecule has 2 bridgehead atoms. The molecule has 67 heavy (non-hydrogen) atoms. The van der Waals surface area contributed by atoms with Crippen LogP contribution < -0.4 is 11.1 Å². The first kappa shape index (κ1) is 45.2. The van der Waals surface area contributed by atoms with Crippen molar-refractivity contribution in [2.45, 2.75) is 184 Å². The predicted molar refractivity (Wildman–Crippen MR) is 257 cm³/mol. The lowest BCUT2D eigenvalue weighted by molar-refractivity contribution is -0.243. The molecule has 0 aromatic heterocycles. The number of hydrogen-bond donors (Lipinski definition) is 6. The van der Waals surface area contributed by atoms with E-state index >= 15 is 4.79 Å². The summed E-state index contributed by atoms with van der Waals surface area (Å²) in [4.78, 5) is 15.5. The molecule has 362 valence electrons. The number of hydrogen-bond acceptors (Lipinski definition) is 9. The number of Topliss-reactive ketones (excluding diaryl/α,β-unsaturated/α-hetero) is 1. The van der Waals surface area contributed by atoms with Gasteiger partial charge in [-0.3, -0.25) is 4.79 Å². The molecule has 5 saturated carbocycles. The van der Waals surface area contributed by atoms with Gasteiger partial charge in [-0.1, -0.05) is 82.7 Å². The van der Waals surface area contributed by atoms with Gasteiger partial charge in [-0.25, -0.2) is 0 Å². The first-order chi connectivity index (χ1) is 31.9. The minimum atomic E-state index is -1.39. The summed E-state index contributed by atoms with van der Waals surface area (Å²) in [5.74, 6) is 8.96. The summed E-state index contributed by atoms with van der Waals surface area (Å²) in [5.41, 5.74) is 6.16. The summed E-state index contributed by atoms with van der Waals surface area (Å²) in [6.07, 6.45) is 16.9. The summed E-state index contributed by atoms with van der Waals surface area (Å²) in [7, 11) is 0. The van der Waals surface area contributed by atoms with Crippen LogP contribution in [0.25, 0.3) is 0 Å². The number of ketones is 1. The number of nitrogens with two attached hydrogens (primary N) is 1. The van der Waals surface area contributed by atoms with Crippen LogP contribution in [0.1, 0.15) is 148 Å². The zero-order chi connectivity index (χ0) is 46.7. The van der Waals surface area contributed by atoms with Crippen LogP contribution in [0.15, 0.2) is 59.0 Å². The minimum Gasteiger partial charge on any atom is -0.396 e. The molecule has 8 aliphatic carbocycles. The number of benzene rings is 1. The van der Waals surface area contributed by atoms with Gasteiger partial charge in [0, 0.05) is 35.8 Å². The van der Waals surface area contributed by atoms with E-state index in [-0.39, 0.29) is 58.7 Å². The lowest BCUT2D eigenvalue weighted by Crippen LogP contribution is -2.73. The Morgan fingerprint density at radius 3 is 2.58 bits per heavy atom. The van der Waals surface area contributed by atoms with Crippen LogP contribution in [0.5, 0.6) is 0 Å². The van der Waals surface area contributed by atoms with Crippen LogP contribution in [-0.4, -0.2) is 81.1 Å². The summed E-state index contributed by atoms with van der Waals surface area (Å²) in [6.45, 7) is 12.0. The molecular weight excluding hydrogens is 837 g/mol. The van der Waals surface area contributed by atoms with E-state index in [4.69, 9.17) is 15.2 Å². The Morgan fingerprint density at radius 1 is 1.03 bits per heavy atom. The maximum atomic E-state index is 15.5. The molecule has 0 amide bonds. The van der Waals surface area contributed by atoms with Crippen molar-refractivity contribution in [3.8, 4) is 11.8 Å². The Kier molecular flexibility index (Phi) is 10.1. The zero-order valence-corrected chi connectivity index (χ0v) is 41.0. The molecule has 17 unspecified atom stereocenters. The smallest absolute Gasteiger partial charge is 0.162 e. The summed E-state index contributed by atoms with van der Waals surface area (Å²) in [5, 5.41) is 53.5. The molecule has 9 nitrogen and oxygen atoms in total. The van der Waals surface area contributed by atoms with Crippen molar-refractivity contribution in [1.82, 2.24) is 5.32 Å². The van der Waals surface area contributed by atoms with Gasteiger partial charge in [-0.05, 0) is 178 Å². The van der Waals surface area contributed by atoms with Gasteiger partial charge in [-0.2, -0.15) is 0 Å². The maximum absolute atomic E-state index is 15.5. The average molecular weight is 915 g/mol. The van der Waals surface area contributed by atoms with Gasteiger partial charge >= 0.3 is 0 Å². The van der Waals surface area contributed by atoms with E-state index < -0.39 is 51.4 Å². The van der Waals surface area contributed by atoms with Gasteiger partial charge in [0.1, 0.15) is 17.8 Å². The van der Waals surface area contributed by atoms with E-state index in [2.05, 4.69) is 68.3 Å². The predicted octanol–water partition coefficient (Wildman–Crippen LogP) is 7.73. The molecule has 3 heterocycles. The molecule has 12 rings (SSSR count). The number of aryl methyl sites for hydroxylation is 1. The van der Waals surface area contributed by atoms with Crippen molar-refractivity contribution < 1.29 is 34.7 Å². The monoisotopic (exact) mass is 915 g/mol. The molecule has 17 atom stereocenters. The third-order valence-electron chi connectivity index (χ3n) is 22.5. The fourth-order valence-electron chi connectivity index (χ4n) is 19.0. The van der Waals surface area contributed by atoms with Crippen molar-refractivity contribution in [3.63, 3.8) is 0 Å². The lowest BCUT2D eigenvalue weighted by Gasteiger charge is -2.73. The van der Waals surface area contributed by atoms with Crippen molar-refractivity contribution in [3.05, 3.63) is 70.1 Å². The Morgan fingerprint density at radius 2 is 1.82 bits per heavy atom. The van der Waals surface area contributed by atoms with Crippen molar-refractivity contribution in [2.24, 2.45) is 68.8 Å². The van der Waals surface area contributed by atoms with E-state index in [0.717, 1.165) is 80.9 Å². The zero-order valence-electron chi connectivity index (χ0n) is 41.0. The second-order valence-corrected chi connectivity index (χ2v) is 25.6. The average Bonchev–Trinajstić information content (AvgIpc) is 3.93. The second-order valence-electron chi connectivity index (χ2n) is 25.6. The molecule has 1 aromatic carbocycles. The highest BCUT2D eigenvalue weighted by molar-refractivity contribution is 6.01. The number of aliphatic hydroxyl groups excluding tert-OH is 2. The fraction of sp³-hybridized carbons (Fsp3) is 0.741. The first-order valence-electron chi connectivity index (χ1n) is 26.7. The Bertz CT molecular complexity index is 2410. The summed E-state index contributed by atoms with van der Waals surface area (Å²) < 4.78 is 14.4. The number of ether oxygens (including phenoxy) is 2. The van der Waals surface area contributed by atoms with Crippen LogP contribution in [0.4, 0.5) is 0 Å². The second kappa shape index (κ2) is 15.0. The Labute approximate surface area is 399 Å². The van der Waals surface area contributed by atoms with Gasteiger partial charge in [0.05, 0.1) is 35.1 Å². The first-order valence-corrected chi connectivity index (χ1v) is 26.7. The Hall–Kier alpha value is -2.97. The molecule has 7 N–H and O–H groups in total. The largest absolute Gasteiger partial charge is 0.396 e. The quantitative estimate of drug-likeness (QED) is 0.114. The highest BCUT2D eigenvalue weighted by Gasteiger charge is 2.82. The molecule has 2 spiro atoms. The summed E-state index contributed by atoms with van der Waals surface area (Å²) >= 11 is 0. The highest BCUT2D eigenvalue weighted by Crippen LogP contribution is 2.82. The van der Waals surface area contributed by atoms with E-state index in [0.29, 0.717) is 57.0 Å². The number of rotatable bonds is 8. The van der Waals surface area contributed by atoms with Gasteiger partial charge in [0.25, 0.3) is 0 Å². The number of fused-ring (bicyclic) bond motifs is 4. The van der Waals surface area contributed by atoms with Gasteiger partial charge in [0.2, 0.25) is 0 Å². The minimum absolute atomic E-state index is 0.0122. The molecule has 0 radical (unpaired) electrons. The van der Waals surface area contributed by atoms with E-state index in [1.165, 1.54) is 24.0 Å². The van der Waals surface area contributed by atoms with Gasteiger partial charge < -0.3 is 41.0 Å². The van der Waals surface area contributed by atoms with Crippen LogP contribution in [0, 0.1) is 74.9 Å². The molecule has 11 aliphatic rings. The molecule has 9 heteroatoms. The topological polar surface area (TPSA) is 158 Å². The van der Waals surface area contributed by atoms with Crippen LogP contribution >= 0.6 is 0 Å². The van der Waals surface area contributed by atoms with Crippen molar-refractivity contribution in [2.75, 3.05) is 19.8 Å². The lowest BCUT2D eigenvalue weighted by atomic mass is 9.31. The number of aliphatic hydroxyl groups is 4. The van der Waals surface area contributed by atoms with Gasteiger partial charge in [0.15, 0.2) is 5.78 Å². The fourth-order valence-corrected chi connectivity index (χ4v) is 19.0. The third kappa shape index (κ3) is 5.99. The summed E-state index contributed by atoms with van der Waals surface area (Å²) in [6, 6.07) is 9.15. The van der Waals surface area contributed by atoms with Crippen molar-refractivity contribution >= 4 is 5.78 Å². The van der Waals surface area contributed by atoms with E-state index in [1.807, 2.05) is 19.9 Å². The van der Waals surface area contributed by atoms with Gasteiger partial charge in [-0.15, -0.1) is 0 Å². The SMILES string of the molecule is CC1CCOC(C2OC2C(C)(O)C(C)(CO)CCC2=CCNC(N)=C2)(C2CC3CCC4=C5C6C7(CCc8ccccc8C8(C#CC(C7)C7CC(O)CC(C4=O)C76C)CCCC8)CC2(C)C53O)C1. The van der Waals surface area contributed by atoms with E-state index in [1.54, 1.807) is 0 Å². The number of epoxide rings is 1. The molecule has 1 aromatic rings. The number of carbonyl (C=O) groups excluding carboxylic acids is 1. The molecular formula is C58H78N2O7. The standard InChI is InChI=1S/C58H78N2O7/c1-34-18-25-66-57(30-34,50-49(67-50)54(5,64)51(2,33-61)21-14-35-17-24-60-45(59)26-35)44-27-38-12-13-40-46-48-53(4)42(28-39(62)29-43(53)47(40)63)37-16-22-55(19-8-9-20-55)41-11-7-6-10-36(41)15-23-56(48,31-37)32-52(44,3)58(38,46)65/h6-7,10-11,17,26,34,37-39,42-44,48-50,60-62,64-65H,8-9,12-15,18-21,23-25,27-33,59H2,1-5H3. The molecule has 7 fully saturated rings. The van der Waals surface area contributed by atoms with Crippen LogP contribution in [0.2, 0.25) is 0 Å². The molecule has 2 saturated heterocycles. The van der Waals surface area contributed by atoms with E-state index in [9.17, 15) is 20.4 Å². The highest BCUT2D eigenvalue weighted by atomic mass is 16.6. The maximum Gasteiger partial charge on any atom is 0.162 e. The normalized spacial score (nSPS) is 47.2.